The fourth-order valence-electron chi connectivity index (χ4n) is 1.52. The quantitative estimate of drug-likeness (QED) is 0.740. The SMILES string of the molecule is O=C(ON[C@H]1CNC[C@H]1F)c1ccccc1. The number of rotatable bonds is 3. The highest BCUT2D eigenvalue weighted by atomic mass is 19.1. The van der Waals surface area contributed by atoms with E-state index in [4.69, 9.17) is 4.84 Å². The van der Waals surface area contributed by atoms with E-state index in [1.54, 1.807) is 24.3 Å². The van der Waals surface area contributed by atoms with Crippen LogP contribution in [0.15, 0.2) is 30.3 Å². The van der Waals surface area contributed by atoms with Crippen LogP contribution < -0.4 is 10.8 Å². The first-order chi connectivity index (χ1) is 7.77. The zero-order valence-electron chi connectivity index (χ0n) is 8.65. The van der Waals surface area contributed by atoms with Gasteiger partial charge in [0.2, 0.25) is 0 Å². The zero-order chi connectivity index (χ0) is 11.4. The lowest BCUT2D eigenvalue weighted by Gasteiger charge is -2.13. The lowest BCUT2D eigenvalue weighted by atomic mass is 10.2. The van der Waals surface area contributed by atoms with Gasteiger partial charge in [0, 0.05) is 13.1 Å². The Morgan fingerprint density at radius 3 is 2.75 bits per heavy atom. The van der Waals surface area contributed by atoms with Gasteiger partial charge in [-0.25, -0.2) is 9.18 Å². The van der Waals surface area contributed by atoms with Crippen LogP contribution in [0.3, 0.4) is 0 Å². The van der Waals surface area contributed by atoms with Crippen molar-refractivity contribution in [3.05, 3.63) is 35.9 Å². The van der Waals surface area contributed by atoms with Crippen molar-refractivity contribution in [2.75, 3.05) is 13.1 Å². The van der Waals surface area contributed by atoms with Gasteiger partial charge in [0.05, 0.1) is 11.6 Å². The van der Waals surface area contributed by atoms with Crippen LogP contribution in [0.25, 0.3) is 0 Å². The van der Waals surface area contributed by atoms with Crippen LogP contribution in [0.4, 0.5) is 4.39 Å². The minimum Gasteiger partial charge on any atom is -0.366 e. The second-order valence-electron chi connectivity index (χ2n) is 3.65. The molecule has 86 valence electrons. The summed E-state index contributed by atoms with van der Waals surface area (Å²) in [5, 5.41) is 2.86. The highest BCUT2D eigenvalue weighted by Gasteiger charge is 2.27. The largest absolute Gasteiger partial charge is 0.366 e. The van der Waals surface area contributed by atoms with Gasteiger partial charge in [-0.3, -0.25) is 0 Å². The number of hydrogen-bond donors (Lipinski definition) is 2. The van der Waals surface area contributed by atoms with Crippen molar-refractivity contribution in [2.24, 2.45) is 0 Å². The van der Waals surface area contributed by atoms with Crippen molar-refractivity contribution in [1.82, 2.24) is 10.8 Å². The van der Waals surface area contributed by atoms with Crippen molar-refractivity contribution in [3.8, 4) is 0 Å². The predicted molar refractivity (Wildman–Crippen MR) is 56.5 cm³/mol. The highest BCUT2D eigenvalue weighted by Crippen LogP contribution is 2.05. The normalized spacial score (nSPS) is 24.3. The molecule has 2 N–H and O–H groups in total. The number of halogens is 1. The van der Waals surface area contributed by atoms with Crippen molar-refractivity contribution in [3.63, 3.8) is 0 Å². The molecule has 5 heteroatoms. The van der Waals surface area contributed by atoms with E-state index in [-0.39, 0.29) is 0 Å². The first-order valence-electron chi connectivity index (χ1n) is 5.14. The van der Waals surface area contributed by atoms with Gasteiger partial charge in [-0.1, -0.05) is 18.2 Å². The summed E-state index contributed by atoms with van der Waals surface area (Å²) in [4.78, 5) is 16.3. The minimum atomic E-state index is -1.02. The maximum Gasteiger partial charge on any atom is 0.356 e. The summed E-state index contributed by atoms with van der Waals surface area (Å²) in [6.45, 7) is 0.754. The third-order valence-electron chi connectivity index (χ3n) is 2.45. The molecule has 2 rings (SSSR count). The predicted octanol–water partition coefficient (Wildman–Crippen LogP) is 0.658. The summed E-state index contributed by atoms with van der Waals surface area (Å²) in [7, 11) is 0. The summed E-state index contributed by atoms with van der Waals surface area (Å²) < 4.78 is 13.1. The standard InChI is InChI=1S/C11H13FN2O2/c12-9-6-13-7-10(9)14-16-11(15)8-4-2-1-3-5-8/h1-5,9-10,13-14H,6-7H2/t9-,10+/m1/s1. The van der Waals surface area contributed by atoms with Crippen LogP contribution in [-0.4, -0.2) is 31.3 Å². The maximum absolute atomic E-state index is 13.1. The van der Waals surface area contributed by atoms with Crippen LogP contribution in [0.1, 0.15) is 10.4 Å². The molecule has 1 aromatic carbocycles. The van der Waals surface area contributed by atoms with Gasteiger partial charge in [0.1, 0.15) is 6.17 Å². The molecule has 0 bridgehead atoms. The van der Waals surface area contributed by atoms with Crippen molar-refractivity contribution in [2.45, 2.75) is 12.2 Å². The Balaban J connectivity index is 1.84. The third-order valence-corrected chi connectivity index (χ3v) is 2.45. The summed E-state index contributed by atoms with van der Waals surface area (Å²) in [6, 6.07) is 8.11. The van der Waals surface area contributed by atoms with Gasteiger partial charge in [0.15, 0.2) is 0 Å². The second-order valence-corrected chi connectivity index (χ2v) is 3.65. The molecular weight excluding hydrogens is 211 g/mol. The number of hydrogen-bond acceptors (Lipinski definition) is 4. The van der Waals surface area contributed by atoms with E-state index in [0.29, 0.717) is 18.7 Å². The van der Waals surface area contributed by atoms with Gasteiger partial charge in [-0.15, -0.1) is 5.48 Å². The number of alkyl halides is 1. The second kappa shape index (κ2) is 5.05. The maximum atomic E-state index is 13.1. The Hall–Kier alpha value is -1.46. The van der Waals surface area contributed by atoms with Crippen LogP contribution >= 0.6 is 0 Å². The van der Waals surface area contributed by atoms with Crippen LogP contribution in [0.2, 0.25) is 0 Å². The lowest BCUT2D eigenvalue weighted by Crippen LogP contribution is -2.38. The van der Waals surface area contributed by atoms with Gasteiger partial charge >= 0.3 is 5.97 Å². The van der Waals surface area contributed by atoms with E-state index in [1.807, 2.05) is 6.07 Å². The number of hydroxylamine groups is 1. The molecule has 16 heavy (non-hydrogen) atoms. The van der Waals surface area contributed by atoms with Gasteiger partial charge in [-0.05, 0) is 12.1 Å². The van der Waals surface area contributed by atoms with E-state index >= 15 is 0 Å². The molecular formula is C11H13FN2O2. The average Bonchev–Trinajstić information content (AvgIpc) is 2.73. The third kappa shape index (κ3) is 2.56. The van der Waals surface area contributed by atoms with E-state index in [2.05, 4.69) is 10.8 Å². The summed E-state index contributed by atoms with van der Waals surface area (Å²) in [6.07, 6.45) is -1.02. The summed E-state index contributed by atoms with van der Waals surface area (Å²) >= 11 is 0. The monoisotopic (exact) mass is 224 g/mol. The molecule has 1 aliphatic rings. The molecule has 0 aromatic heterocycles. The highest BCUT2D eigenvalue weighted by molar-refractivity contribution is 5.89. The molecule has 0 radical (unpaired) electrons. The first-order valence-corrected chi connectivity index (χ1v) is 5.14. The molecule has 0 unspecified atom stereocenters. The van der Waals surface area contributed by atoms with Crippen LogP contribution in [0, 0.1) is 0 Å². The number of benzene rings is 1. The fourth-order valence-corrected chi connectivity index (χ4v) is 1.52. The fraction of sp³-hybridized carbons (Fsp3) is 0.364. The number of carbonyl (C=O) groups is 1. The van der Waals surface area contributed by atoms with E-state index in [0.717, 1.165) is 0 Å². The molecule has 0 aliphatic carbocycles. The zero-order valence-corrected chi connectivity index (χ0v) is 8.65. The Labute approximate surface area is 92.7 Å². The van der Waals surface area contributed by atoms with Crippen LogP contribution in [-0.2, 0) is 4.84 Å². The van der Waals surface area contributed by atoms with E-state index < -0.39 is 18.2 Å². The molecule has 1 heterocycles. The molecule has 0 spiro atoms. The topological polar surface area (TPSA) is 50.4 Å². The van der Waals surface area contributed by atoms with Gasteiger partial charge in [0.25, 0.3) is 0 Å². The number of carbonyl (C=O) groups excluding carboxylic acids is 1. The molecule has 1 fully saturated rings. The summed E-state index contributed by atoms with van der Waals surface area (Å²) in [5.41, 5.74) is 2.88. The minimum absolute atomic E-state index is 0.292. The summed E-state index contributed by atoms with van der Waals surface area (Å²) in [5.74, 6) is -0.500. The van der Waals surface area contributed by atoms with E-state index in [9.17, 15) is 9.18 Å². The van der Waals surface area contributed by atoms with E-state index in [1.165, 1.54) is 0 Å². The Kier molecular flexibility index (Phi) is 3.48. The molecule has 1 saturated heterocycles. The molecule has 4 nitrogen and oxygen atoms in total. The average molecular weight is 224 g/mol. The first kappa shape index (κ1) is 11.0. The van der Waals surface area contributed by atoms with Crippen molar-refractivity contribution < 1.29 is 14.0 Å². The van der Waals surface area contributed by atoms with Gasteiger partial charge < -0.3 is 10.2 Å². The molecule has 0 saturated carbocycles. The van der Waals surface area contributed by atoms with Gasteiger partial charge in [-0.2, -0.15) is 0 Å². The Bertz CT molecular complexity index is 358. The number of nitrogens with one attached hydrogen (secondary N) is 2. The Morgan fingerprint density at radius 1 is 1.38 bits per heavy atom. The molecule has 1 aliphatic heterocycles. The van der Waals surface area contributed by atoms with Crippen molar-refractivity contribution >= 4 is 5.97 Å². The molecule has 1 aromatic rings. The van der Waals surface area contributed by atoms with Crippen molar-refractivity contribution in [1.29, 1.82) is 0 Å². The lowest BCUT2D eigenvalue weighted by molar-refractivity contribution is 0.0109. The molecule has 0 amide bonds. The van der Waals surface area contributed by atoms with Crippen LogP contribution in [0.5, 0.6) is 0 Å². The molecule has 2 atom stereocenters. The smallest absolute Gasteiger partial charge is 0.356 e. The Morgan fingerprint density at radius 2 is 2.12 bits per heavy atom.